The highest BCUT2D eigenvalue weighted by Crippen LogP contribution is 2.23. The average Bonchev–Trinajstić information content (AvgIpc) is 2.59. The van der Waals surface area contributed by atoms with Crippen LogP contribution >= 0.6 is 0 Å². The van der Waals surface area contributed by atoms with E-state index in [0.717, 1.165) is 11.1 Å². The molecule has 0 aliphatic heterocycles. The first-order valence-electron chi connectivity index (χ1n) is 8.45. The lowest BCUT2D eigenvalue weighted by Gasteiger charge is -2.26. The number of halogens is 1. The molecular formula is C20H24FN3O2. The summed E-state index contributed by atoms with van der Waals surface area (Å²) in [6.45, 7) is 3.72. The van der Waals surface area contributed by atoms with Crippen molar-refractivity contribution in [3.05, 3.63) is 54.3 Å². The van der Waals surface area contributed by atoms with Crippen molar-refractivity contribution in [1.82, 2.24) is 10.6 Å². The van der Waals surface area contributed by atoms with Gasteiger partial charge < -0.3 is 16.0 Å². The van der Waals surface area contributed by atoms with Crippen molar-refractivity contribution in [2.45, 2.75) is 32.2 Å². The van der Waals surface area contributed by atoms with Crippen LogP contribution in [0.1, 0.15) is 26.7 Å². The molecule has 0 spiro atoms. The molecule has 0 unspecified atom stereocenters. The Balaban J connectivity index is 2.01. The molecule has 2 aromatic carbocycles. The summed E-state index contributed by atoms with van der Waals surface area (Å²) in [7, 11) is 1.58. The summed E-state index contributed by atoms with van der Waals surface area (Å²) in [5.41, 5.74) is 1.61. The maximum Gasteiger partial charge on any atom is 0.319 e. The van der Waals surface area contributed by atoms with E-state index < -0.39 is 5.54 Å². The molecule has 0 fully saturated rings. The van der Waals surface area contributed by atoms with Gasteiger partial charge in [0.25, 0.3) is 0 Å². The summed E-state index contributed by atoms with van der Waals surface area (Å²) >= 11 is 0. The van der Waals surface area contributed by atoms with Gasteiger partial charge in [-0.3, -0.25) is 4.79 Å². The summed E-state index contributed by atoms with van der Waals surface area (Å²) < 4.78 is 13.4. The SMILES string of the molecule is CNC(=O)CCC(C)(C)NC(=O)Nc1cccc(-c2cccc(F)c2)c1. The van der Waals surface area contributed by atoms with E-state index in [1.807, 2.05) is 26.0 Å². The topological polar surface area (TPSA) is 70.2 Å². The fourth-order valence-electron chi connectivity index (χ4n) is 2.53. The number of hydrogen-bond acceptors (Lipinski definition) is 2. The molecule has 0 heterocycles. The number of nitrogens with one attached hydrogen (secondary N) is 3. The molecule has 0 saturated carbocycles. The van der Waals surface area contributed by atoms with E-state index in [9.17, 15) is 14.0 Å². The zero-order valence-electron chi connectivity index (χ0n) is 15.2. The Morgan fingerprint density at radius 2 is 1.69 bits per heavy atom. The monoisotopic (exact) mass is 357 g/mol. The summed E-state index contributed by atoms with van der Waals surface area (Å²) in [4.78, 5) is 23.6. The minimum atomic E-state index is -0.531. The predicted molar refractivity (Wildman–Crippen MR) is 101 cm³/mol. The van der Waals surface area contributed by atoms with E-state index in [2.05, 4.69) is 16.0 Å². The number of anilines is 1. The summed E-state index contributed by atoms with van der Waals surface area (Å²) in [5.74, 6) is -0.375. The number of benzene rings is 2. The van der Waals surface area contributed by atoms with E-state index >= 15 is 0 Å². The number of rotatable bonds is 6. The van der Waals surface area contributed by atoms with Crippen LogP contribution in [-0.2, 0) is 4.79 Å². The highest BCUT2D eigenvalue weighted by molar-refractivity contribution is 5.90. The summed E-state index contributed by atoms with van der Waals surface area (Å²) in [6, 6.07) is 13.1. The molecule has 138 valence electrons. The summed E-state index contributed by atoms with van der Waals surface area (Å²) in [5, 5.41) is 8.21. The number of urea groups is 1. The van der Waals surface area contributed by atoms with Crippen LogP contribution in [0.15, 0.2) is 48.5 Å². The molecule has 26 heavy (non-hydrogen) atoms. The quantitative estimate of drug-likeness (QED) is 0.733. The molecule has 2 aromatic rings. The minimum absolute atomic E-state index is 0.0666. The van der Waals surface area contributed by atoms with Crippen LogP contribution in [0.25, 0.3) is 11.1 Å². The van der Waals surface area contributed by atoms with E-state index in [0.29, 0.717) is 18.5 Å². The minimum Gasteiger partial charge on any atom is -0.359 e. The van der Waals surface area contributed by atoms with Crippen molar-refractivity contribution in [1.29, 1.82) is 0 Å². The molecule has 5 nitrogen and oxygen atoms in total. The van der Waals surface area contributed by atoms with Crippen molar-refractivity contribution in [2.75, 3.05) is 12.4 Å². The van der Waals surface area contributed by atoms with E-state index in [4.69, 9.17) is 0 Å². The number of carbonyl (C=O) groups is 2. The maximum atomic E-state index is 13.4. The van der Waals surface area contributed by atoms with Gasteiger partial charge in [-0.05, 0) is 55.7 Å². The molecule has 0 atom stereocenters. The lowest BCUT2D eigenvalue weighted by atomic mass is 9.98. The second-order valence-corrected chi connectivity index (χ2v) is 6.73. The van der Waals surface area contributed by atoms with Crippen molar-refractivity contribution < 1.29 is 14.0 Å². The van der Waals surface area contributed by atoms with Crippen molar-refractivity contribution in [3.8, 4) is 11.1 Å². The van der Waals surface area contributed by atoms with E-state index in [1.165, 1.54) is 12.1 Å². The molecule has 0 radical (unpaired) electrons. The van der Waals surface area contributed by atoms with Crippen LogP contribution in [0, 0.1) is 5.82 Å². The average molecular weight is 357 g/mol. The van der Waals surface area contributed by atoms with Crippen molar-refractivity contribution in [2.24, 2.45) is 0 Å². The van der Waals surface area contributed by atoms with Gasteiger partial charge in [-0.15, -0.1) is 0 Å². The van der Waals surface area contributed by atoms with Gasteiger partial charge in [-0.25, -0.2) is 9.18 Å². The predicted octanol–water partition coefficient (Wildman–Crippen LogP) is 3.92. The largest absolute Gasteiger partial charge is 0.359 e. The first kappa shape index (κ1) is 19.4. The lowest BCUT2D eigenvalue weighted by molar-refractivity contribution is -0.120. The first-order chi connectivity index (χ1) is 12.3. The van der Waals surface area contributed by atoms with Gasteiger partial charge in [-0.2, -0.15) is 0 Å². The number of hydrogen-bond donors (Lipinski definition) is 3. The Bertz CT molecular complexity index is 790. The third kappa shape index (κ3) is 5.88. The molecule has 2 rings (SSSR count). The van der Waals surface area contributed by atoms with Gasteiger partial charge in [0, 0.05) is 24.7 Å². The van der Waals surface area contributed by atoms with Crippen LogP contribution in [0.3, 0.4) is 0 Å². The molecule has 6 heteroatoms. The van der Waals surface area contributed by atoms with Gasteiger partial charge in [0.15, 0.2) is 0 Å². The Hall–Kier alpha value is -2.89. The molecule has 0 aromatic heterocycles. The van der Waals surface area contributed by atoms with E-state index in [-0.39, 0.29) is 17.8 Å². The van der Waals surface area contributed by atoms with Gasteiger partial charge in [0.2, 0.25) is 5.91 Å². The third-order valence-corrected chi connectivity index (χ3v) is 3.99. The van der Waals surface area contributed by atoms with E-state index in [1.54, 1.807) is 31.3 Å². The number of amides is 3. The van der Waals surface area contributed by atoms with Gasteiger partial charge in [-0.1, -0.05) is 24.3 Å². The molecule has 3 N–H and O–H groups in total. The standard InChI is InChI=1S/C20H24FN3O2/c1-20(2,11-10-18(25)22-3)24-19(26)23-17-9-5-7-15(13-17)14-6-4-8-16(21)12-14/h4-9,12-13H,10-11H2,1-3H3,(H,22,25)(H2,23,24,26). The zero-order chi connectivity index (χ0) is 19.2. The van der Waals surface area contributed by atoms with Crippen LogP contribution in [0.4, 0.5) is 14.9 Å². The Labute approximate surface area is 153 Å². The van der Waals surface area contributed by atoms with Crippen LogP contribution < -0.4 is 16.0 Å². The smallest absolute Gasteiger partial charge is 0.319 e. The molecule has 0 saturated heterocycles. The van der Waals surface area contributed by atoms with Crippen LogP contribution in [-0.4, -0.2) is 24.5 Å². The van der Waals surface area contributed by atoms with Crippen LogP contribution in [0.2, 0.25) is 0 Å². The van der Waals surface area contributed by atoms with Crippen LogP contribution in [0.5, 0.6) is 0 Å². The normalized spacial score (nSPS) is 10.9. The molecule has 3 amide bonds. The Morgan fingerprint density at radius 1 is 1.04 bits per heavy atom. The molecule has 0 aliphatic rings. The fourth-order valence-corrected chi connectivity index (χ4v) is 2.53. The highest BCUT2D eigenvalue weighted by Gasteiger charge is 2.21. The third-order valence-electron chi connectivity index (χ3n) is 3.99. The van der Waals surface area contributed by atoms with Crippen molar-refractivity contribution in [3.63, 3.8) is 0 Å². The van der Waals surface area contributed by atoms with Gasteiger partial charge in [0.05, 0.1) is 0 Å². The molecular weight excluding hydrogens is 333 g/mol. The number of carbonyl (C=O) groups excluding carboxylic acids is 2. The summed E-state index contributed by atoms with van der Waals surface area (Å²) in [6.07, 6.45) is 0.849. The molecule has 0 aliphatic carbocycles. The molecule has 0 bridgehead atoms. The fraction of sp³-hybridized carbons (Fsp3) is 0.300. The highest BCUT2D eigenvalue weighted by atomic mass is 19.1. The Morgan fingerprint density at radius 3 is 2.35 bits per heavy atom. The maximum absolute atomic E-state index is 13.4. The lowest BCUT2D eigenvalue weighted by Crippen LogP contribution is -2.46. The first-order valence-corrected chi connectivity index (χ1v) is 8.45. The zero-order valence-corrected chi connectivity index (χ0v) is 15.2. The van der Waals surface area contributed by atoms with Crippen molar-refractivity contribution >= 4 is 17.6 Å². The second-order valence-electron chi connectivity index (χ2n) is 6.73. The van der Waals surface area contributed by atoms with Gasteiger partial charge in [0.1, 0.15) is 5.82 Å². The second kappa shape index (κ2) is 8.47. The van der Waals surface area contributed by atoms with Gasteiger partial charge >= 0.3 is 6.03 Å². The Kier molecular flexibility index (Phi) is 6.33.